The third-order valence-electron chi connectivity index (χ3n) is 3.78. The summed E-state index contributed by atoms with van der Waals surface area (Å²) in [6, 6.07) is 2.99. The fraction of sp³-hybridized carbons (Fsp3) is 0.625. The van der Waals surface area contributed by atoms with Gasteiger partial charge in [-0.2, -0.15) is 0 Å². The zero-order valence-corrected chi connectivity index (χ0v) is 17.3. The van der Waals surface area contributed by atoms with Gasteiger partial charge in [-0.25, -0.2) is 13.1 Å². The highest BCUT2D eigenvalue weighted by Crippen LogP contribution is 2.32. The third-order valence-corrected chi connectivity index (χ3v) is 5.91. The van der Waals surface area contributed by atoms with Crippen LogP contribution in [0.2, 0.25) is 0 Å². The molecule has 10 heteroatoms. The average Bonchev–Trinajstić information content (AvgIpc) is 2.49. The minimum atomic E-state index is -4.99. The minimum Gasteiger partial charge on any atom is -0.404 e. The molecular weight excluding hydrogens is 437 g/mol. The molecular formula is C16H24BrF3N2O3S. The van der Waals surface area contributed by atoms with Crippen molar-refractivity contribution >= 4 is 26.0 Å². The first kappa shape index (κ1) is 23.2. The standard InChI is InChI=1S/C16H24BrF3N2O3S/c1-4-22(5-2)10-6-7-12(3)21-26(23,24)15-9-8-13(17)11-14(15)25-16(18,19)20/h8-9,11-12,21H,4-7,10H2,1-3H3. The number of alkyl halides is 3. The van der Waals surface area contributed by atoms with Crippen LogP contribution in [0.5, 0.6) is 5.75 Å². The van der Waals surface area contributed by atoms with Crippen molar-refractivity contribution in [2.75, 3.05) is 19.6 Å². The Morgan fingerprint density at radius 2 is 1.88 bits per heavy atom. The molecule has 1 aromatic rings. The molecule has 1 atom stereocenters. The summed E-state index contributed by atoms with van der Waals surface area (Å²) in [6.45, 7) is 8.43. The molecule has 0 saturated heterocycles. The normalized spacial score (nSPS) is 13.8. The molecule has 0 bridgehead atoms. The van der Waals surface area contributed by atoms with Crippen molar-refractivity contribution in [2.24, 2.45) is 0 Å². The van der Waals surface area contributed by atoms with E-state index in [1.54, 1.807) is 6.92 Å². The van der Waals surface area contributed by atoms with Crippen molar-refractivity contribution < 1.29 is 26.3 Å². The van der Waals surface area contributed by atoms with Crippen molar-refractivity contribution in [3.8, 4) is 5.75 Å². The quantitative estimate of drug-likeness (QED) is 0.569. The Labute approximate surface area is 161 Å². The van der Waals surface area contributed by atoms with Gasteiger partial charge < -0.3 is 9.64 Å². The Kier molecular flexibility index (Phi) is 8.84. The van der Waals surface area contributed by atoms with E-state index in [1.165, 1.54) is 6.07 Å². The van der Waals surface area contributed by atoms with E-state index >= 15 is 0 Å². The molecule has 0 spiro atoms. The van der Waals surface area contributed by atoms with Crippen LogP contribution in [0.4, 0.5) is 13.2 Å². The highest BCUT2D eigenvalue weighted by atomic mass is 79.9. The number of nitrogens with zero attached hydrogens (tertiary/aromatic N) is 1. The molecule has 1 aromatic carbocycles. The van der Waals surface area contributed by atoms with Gasteiger partial charge in [0.05, 0.1) is 0 Å². The molecule has 0 heterocycles. The SMILES string of the molecule is CCN(CC)CCCC(C)NS(=O)(=O)c1ccc(Br)cc1OC(F)(F)F. The van der Waals surface area contributed by atoms with E-state index in [2.05, 4.69) is 30.3 Å². The Balaban J connectivity index is 2.84. The van der Waals surface area contributed by atoms with Crippen LogP contribution in [0.1, 0.15) is 33.6 Å². The fourth-order valence-corrected chi connectivity index (χ4v) is 4.18. The van der Waals surface area contributed by atoms with Gasteiger partial charge in [0.25, 0.3) is 0 Å². The van der Waals surface area contributed by atoms with Crippen LogP contribution in [0, 0.1) is 0 Å². The number of rotatable bonds is 10. The van der Waals surface area contributed by atoms with Crippen LogP contribution >= 0.6 is 15.9 Å². The predicted octanol–water partition coefficient (Wildman–Crippen LogP) is 4.14. The Bertz CT molecular complexity index is 680. The minimum absolute atomic E-state index is 0.281. The van der Waals surface area contributed by atoms with E-state index in [-0.39, 0.29) is 4.47 Å². The van der Waals surface area contributed by atoms with Gasteiger partial charge in [-0.3, -0.25) is 0 Å². The lowest BCUT2D eigenvalue weighted by atomic mass is 10.2. The van der Waals surface area contributed by atoms with Gasteiger partial charge in [0.2, 0.25) is 10.0 Å². The van der Waals surface area contributed by atoms with E-state index in [9.17, 15) is 21.6 Å². The van der Waals surface area contributed by atoms with Crippen molar-refractivity contribution in [2.45, 2.75) is 50.9 Å². The van der Waals surface area contributed by atoms with Gasteiger partial charge in [-0.05, 0) is 57.6 Å². The predicted molar refractivity (Wildman–Crippen MR) is 97.6 cm³/mol. The zero-order chi connectivity index (χ0) is 20.0. The Morgan fingerprint density at radius 1 is 1.27 bits per heavy atom. The largest absolute Gasteiger partial charge is 0.573 e. The highest BCUT2D eigenvalue weighted by Gasteiger charge is 2.34. The van der Waals surface area contributed by atoms with Crippen molar-refractivity contribution in [3.63, 3.8) is 0 Å². The molecule has 150 valence electrons. The van der Waals surface area contributed by atoms with E-state index in [1.807, 2.05) is 13.8 Å². The molecule has 0 aliphatic heterocycles. The molecule has 26 heavy (non-hydrogen) atoms. The van der Waals surface area contributed by atoms with Crippen LogP contribution in [-0.4, -0.2) is 45.4 Å². The van der Waals surface area contributed by atoms with Gasteiger partial charge in [-0.1, -0.05) is 29.8 Å². The van der Waals surface area contributed by atoms with Crippen molar-refractivity contribution in [1.29, 1.82) is 0 Å². The maximum absolute atomic E-state index is 12.6. The molecule has 0 aliphatic rings. The molecule has 0 aromatic heterocycles. The summed E-state index contributed by atoms with van der Waals surface area (Å²) in [6.07, 6.45) is -3.64. The topological polar surface area (TPSA) is 58.6 Å². The lowest BCUT2D eigenvalue weighted by Gasteiger charge is -2.20. The van der Waals surface area contributed by atoms with Gasteiger partial charge in [-0.15, -0.1) is 13.2 Å². The Hall–Kier alpha value is -0.840. The first-order valence-electron chi connectivity index (χ1n) is 8.28. The monoisotopic (exact) mass is 460 g/mol. The molecule has 1 N–H and O–H groups in total. The van der Waals surface area contributed by atoms with E-state index in [4.69, 9.17) is 0 Å². The second-order valence-electron chi connectivity index (χ2n) is 5.83. The van der Waals surface area contributed by atoms with Crippen LogP contribution in [0.3, 0.4) is 0 Å². The number of ether oxygens (including phenoxy) is 1. The van der Waals surface area contributed by atoms with E-state index < -0.39 is 33.1 Å². The van der Waals surface area contributed by atoms with Crippen LogP contribution in [-0.2, 0) is 10.0 Å². The van der Waals surface area contributed by atoms with Crippen LogP contribution < -0.4 is 9.46 Å². The number of sulfonamides is 1. The molecule has 0 aliphatic carbocycles. The summed E-state index contributed by atoms with van der Waals surface area (Å²) in [5.41, 5.74) is 0. The molecule has 5 nitrogen and oxygen atoms in total. The summed E-state index contributed by atoms with van der Waals surface area (Å²) in [5, 5.41) is 0. The van der Waals surface area contributed by atoms with Crippen LogP contribution in [0.25, 0.3) is 0 Å². The first-order chi connectivity index (χ1) is 12.0. The summed E-state index contributed by atoms with van der Waals surface area (Å²) in [4.78, 5) is 1.67. The zero-order valence-electron chi connectivity index (χ0n) is 14.9. The lowest BCUT2D eigenvalue weighted by molar-refractivity contribution is -0.275. The van der Waals surface area contributed by atoms with Gasteiger partial charge in [0, 0.05) is 10.5 Å². The van der Waals surface area contributed by atoms with Gasteiger partial charge in [0.1, 0.15) is 4.90 Å². The number of hydrogen-bond acceptors (Lipinski definition) is 4. The molecule has 1 unspecified atom stereocenters. The van der Waals surface area contributed by atoms with Gasteiger partial charge in [0.15, 0.2) is 5.75 Å². The highest BCUT2D eigenvalue weighted by molar-refractivity contribution is 9.10. The molecule has 0 fully saturated rings. The van der Waals surface area contributed by atoms with E-state index in [0.29, 0.717) is 6.42 Å². The van der Waals surface area contributed by atoms with Gasteiger partial charge >= 0.3 is 6.36 Å². The maximum atomic E-state index is 12.6. The number of nitrogens with one attached hydrogen (secondary N) is 1. The fourth-order valence-electron chi connectivity index (χ4n) is 2.46. The summed E-state index contributed by atoms with van der Waals surface area (Å²) < 4.78 is 69.2. The number of halogens is 4. The smallest absolute Gasteiger partial charge is 0.404 e. The average molecular weight is 461 g/mol. The van der Waals surface area contributed by atoms with E-state index in [0.717, 1.165) is 38.2 Å². The summed E-state index contributed by atoms with van der Waals surface area (Å²) in [5.74, 6) is -0.769. The third kappa shape index (κ3) is 7.81. The summed E-state index contributed by atoms with van der Waals surface area (Å²) >= 11 is 3.02. The maximum Gasteiger partial charge on any atom is 0.573 e. The Morgan fingerprint density at radius 3 is 2.42 bits per heavy atom. The lowest BCUT2D eigenvalue weighted by Crippen LogP contribution is -2.34. The van der Waals surface area contributed by atoms with Crippen molar-refractivity contribution in [1.82, 2.24) is 9.62 Å². The summed E-state index contributed by atoms with van der Waals surface area (Å²) in [7, 11) is -4.15. The molecule has 0 amide bonds. The first-order valence-corrected chi connectivity index (χ1v) is 10.6. The molecule has 0 saturated carbocycles. The van der Waals surface area contributed by atoms with Crippen molar-refractivity contribution in [3.05, 3.63) is 22.7 Å². The van der Waals surface area contributed by atoms with Crippen LogP contribution in [0.15, 0.2) is 27.6 Å². The second-order valence-corrected chi connectivity index (χ2v) is 8.43. The molecule has 1 rings (SSSR count). The second kappa shape index (κ2) is 9.91. The number of hydrogen-bond donors (Lipinski definition) is 1. The molecule has 0 radical (unpaired) electrons. The number of benzene rings is 1.